The molecule has 98 valence electrons. The first-order valence-corrected chi connectivity index (χ1v) is 6.05. The van der Waals surface area contributed by atoms with Gasteiger partial charge in [0.1, 0.15) is 5.82 Å². The minimum absolute atomic E-state index is 0.260. The Kier molecular flexibility index (Phi) is 3.81. The van der Waals surface area contributed by atoms with Gasteiger partial charge in [0.05, 0.1) is 10.6 Å². The molecule has 1 aromatic heterocycles. The van der Waals surface area contributed by atoms with Crippen LogP contribution >= 0.6 is 11.6 Å². The standard InChI is InChI=1S/C14H12ClFN2O/c1-8-6-11(15)10(7-17-8)14(19)18-13-5-3-4-12(16)9(13)2/h3-7H,1-2H3,(H,18,19). The summed E-state index contributed by atoms with van der Waals surface area (Å²) >= 11 is 5.99. The zero-order valence-corrected chi connectivity index (χ0v) is 11.3. The van der Waals surface area contributed by atoms with E-state index in [1.165, 1.54) is 18.3 Å². The monoisotopic (exact) mass is 278 g/mol. The molecule has 0 aliphatic carbocycles. The molecular formula is C14H12ClFN2O. The Hall–Kier alpha value is -1.94. The van der Waals surface area contributed by atoms with E-state index in [4.69, 9.17) is 11.6 Å². The normalized spacial score (nSPS) is 10.3. The number of nitrogens with zero attached hydrogens (tertiary/aromatic N) is 1. The Bertz CT molecular complexity index is 643. The number of carbonyl (C=O) groups is 1. The molecule has 0 radical (unpaired) electrons. The average molecular weight is 279 g/mol. The lowest BCUT2D eigenvalue weighted by molar-refractivity contribution is 0.102. The van der Waals surface area contributed by atoms with Crippen LogP contribution in [-0.2, 0) is 0 Å². The number of halogens is 2. The van der Waals surface area contributed by atoms with Gasteiger partial charge in [-0.15, -0.1) is 0 Å². The van der Waals surface area contributed by atoms with Gasteiger partial charge < -0.3 is 5.32 Å². The van der Waals surface area contributed by atoms with Crippen molar-refractivity contribution in [3.05, 3.63) is 58.1 Å². The number of pyridine rings is 1. The minimum Gasteiger partial charge on any atom is -0.322 e. The van der Waals surface area contributed by atoms with Crippen molar-refractivity contribution in [2.45, 2.75) is 13.8 Å². The molecule has 0 aliphatic heterocycles. The number of benzene rings is 1. The molecule has 2 aromatic rings. The fourth-order valence-electron chi connectivity index (χ4n) is 1.63. The molecule has 19 heavy (non-hydrogen) atoms. The predicted octanol–water partition coefficient (Wildman–Crippen LogP) is 3.74. The number of aryl methyl sites for hydroxylation is 1. The molecule has 0 spiro atoms. The highest BCUT2D eigenvalue weighted by molar-refractivity contribution is 6.34. The number of anilines is 1. The second-order valence-corrected chi connectivity index (χ2v) is 4.58. The van der Waals surface area contributed by atoms with Crippen molar-refractivity contribution in [2.75, 3.05) is 5.32 Å². The van der Waals surface area contributed by atoms with E-state index in [9.17, 15) is 9.18 Å². The van der Waals surface area contributed by atoms with E-state index in [0.717, 1.165) is 5.69 Å². The molecule has 0 bridgehead atoms. The predicted molar refractivity (Wildman–Crippen MR) is 73.1 cm³/mol. The van der Waals surface area contributed by atoms with Gasteiger partial charge in [0, 0.05) is 23.1 Å². The number of carbonyl (C=O) groups excluding carboxylic acids is 1. The first kappa shape index (κ1) is 13.5. The Morgan fingerprint density at radius 2 is 2.11 bits per heavy atom. The van der Waals surface area contributed by atoms with E-state index in [1.807, 2.05) is 0 Å². The van der Waals surface area contributed by atoms with Gasteiger partial charge in [-0.1, -0.05) is 17.7 Å². The van der Waals surface area contributed by atoms with Gasteiger partial charge in [0.25, 0.3) is 5.91 Å². The van der Waals surface area contributed by atoms with Crippen LogP contribution in [-0.4, -0.2) is 10.9 Å². The van der Waals surface area contributed by atoms with Crippen LogP contribution in [0.5, 0.6) is 0 Å². The van der Waals surface area contributed by atoms with Gasteiger partial charge in [0.15, 0.2) is 0 Å². The maximum absolute atomic E-state index is 13.4. The van der Waals surface area contributed by atoms with Crippen molar-refractivity contribution in [1.82, 2.24) is 4.98 Å². The summed E-state index contributed by atoms with van der Waals surface area (Å²) in [5.74, 6) is -0.780. The molecule has 1 N–H and O–H groups in total. The van der Waals surface area contributed by atoms with Gasteiger partial charge in [-0.2, -0.15) is 0 Å². The molecule has 0 fully saturated rings. The van der Waals surface area contributed by atoms with Crippen LogP contribution in [0.4, 0.5) is 10.1 Å². The van der Waals surface area contributed by atoms with Crippen molar-refractivity contribution >= 4 is 23.2 Å². The topological polar surface area (TPSA) is 42.0 Å². The molecule has 1 heterocycles. The second kappa shape index (κ2) is 5.36. The minimum atomic E-state index is -0.411. The Morgan fingerprint density at radius 3 is 2.79 bits per heavy atom. The molecule has 0 unspecified atom stereocenters. The van der Waals surface area contributed by atoms with E-state index < -0.39 is 5.91 Å². The summed E-state index contributed by atoms with van der Waals surface area (Å²) in [5.41, 5.74) is 1.79. The van der Waals surface area contributed by atoms with Crippen LogP contribution in [0.15, 0.2) is 30.5 Å². The van der Waals surface area contributed by atoms with Crippen LogP contribution in [0.25, 0.3) is 0 Å². The Labute approximate surface area is 115 Å². The molecule has 1 amide bonds. The first-order valence-electron chi connectivity index (χ1n) is 5.67. The summed E-state index contributed by atoms with van der Waals surface area (Å²) in [6, 6.07) is 6.11. The highest BCUT2D eigenvalue weighted by Crippen LogP contribution is 2.21. The van der Waals surface area contributed by atoms with E-state index in [-0.39, 0.29) is 11.4 Å². The molecule has 3 nitrogen and oxygen atoms in total. The largest absolute Gasteiger partial charge is 0.322 e. The van der Waals surface area contributed by atoms with Gasteiger partial charge in [0.2, 0.25) is 0 Å². The molecule has 5 heteroatoms. The lowest BCUT2D eigenvalue weighted by Crippen LogP contribution is -2.14. The fraction of sp³-hybridized carbons (Fsp3) is 0.143. The maximum Gasteiger partial charge on any atom is 0.258 e. The van der Waals surface area contributed by atoms with Crippen molar-refractivity contribution < 1.29 is 9.18 Å². The van der Waals surface area contributed by atoms with Crippen molar-refractivity contribution in [3.8, 4) is 0 Å². The fourth-order valence-corrected chi connectivity index (χ4v) is 1.92. The van der Waals surface area contributed by atoms with Crippen molar-refractivity contribution in [2.24, 2.45) is 0 Å². The summed E-state index contributed by atoms with van der Waals surface area (Å²) in [6.07, 6.45) is 1.40. The highest BCUT2D eigenvalue weighted by atomic mass is 35.5. The molecule has 2 rings (SSSR count). The zero-order valence-electron chi connectivity index (χ0n) is 10.5. The smallest absolute Gasteiger partial charge is 0.258 e. The number of hydrogen-bond acceptors (Lipinski definition) is 2. The van der Waals surface area contributed by atoms with Crippen LogP contribution in [0, 0.1) is 19.7 Å². The lowest BCUT2D eigenvalue weighted by Gasteiger charge is -2.09. The van der Waals surface area contributed by atoms with Gasteiger partial charge >= 0.3 is 0 Å². The quantitative estimate of drug-likeness (QED) is 0.909. The molecule has 0 aliphatic rings. The number of aromatic nitrogens is 1. The summed E-state index contributed by atoms with van der Waals surface area (Å²) in [6.45, 7) is 3.38. The molecule has 0 atom stereocenters. The summed E-state index contributed by atoms with van der Waals surface area (Å²) < 4.78 is 13.4. The third-order valence-corrected chi connectivity index (χ3v) is 3.06. The third-order valence-electron chi connectivity index (χ3n) is 2.75. The number of hydrogen-bond donors (Lipinski definition) is 1. The number of rotatable bonds is 2. The second-order valence-electron chi connectivity index (χ2n) is 4.17. The van der Waals surface area contributed by atoms with Crippen molar-refractivity contribution in [1.29, 1.82) is 0 Å². The highest BCUT2D eigenvalue weighted by Gasteiger charge is 2.13. The molecular weight excluding hydrogens is 267 g/mol. The SMILES string of the molecule is Cc1cc(Cl)c(C(=O)Nc2cccc(F)c2C)cn1. The van der Waals surface area contributed by atoms with Gasteiger partial charge in [-0.25, -0.2) is 4.39 Å². The Morgan fingerprint density at radius 1 is 1.37 bits per heavy atom. The average Bonchev–Trinajstić information content (AvgIpc) is 2.34. The molecule has 1 aromatic carbocycles. The lowest BCUT2D eigenvalue weighted by atomic mass is 10.1. The van der Waals surface area contributed by atoms with E-state index in [2.05, 4.69) is 10.3 Å². The molecule has 0 saturated heterocycles. The Balaban J connectivity index is 2.28. The van der Waals surface area contributed by atoms with Gasteiger partial charge in [-0.05, 0) is 32.0 Å². The first-order chi connectivity index (χ1) is 8.99. The van der Waals surface area contributed by atoms with Crippen molar-refractivity contribution in [3.63, 3.8) is 0 Å². The summed E-state index contributed by atoms with van der Waals surface area (Å²) in [4.78, 5) is 16.1. The van der Waals surface area contributed by atoms with E-state index >= 15 is 0 Å². The summed E-state index contributed by atoms with van der Waals surface area (Å²) in [7, 11) is 0. The number of amides is 1. The van der Waals surface area contributed by atoms with E-state index in [0.29, 0.717) is 16.3 Å². The zero-order chi connectivity index (χ0) is 14.0. The number of nitrogens with one attached hydrogen (secondary N) is 1. The van der Waals surface area contributed by atoms with Crippen LogP contribution in [0.1, 0.15) is 21.6 Å². The summed E-state index contributed by atoms with van der Waals surface area (Å²) in [5, 5.41) is 2.94. The van der Waals surface area contributed by atoms with E-state index in [1.54, 1.807) is 26.0 Å². The third kappa shape index (κ3) is 2.90. The van der Waals surface area contributed by atoms with Crippen LogP contribution in [0.2, 0.25) is 5.02 Å². The van der Waals surface area contributed by atoms with Crippen LogP contribution < -0.4 is 5.32 Å². The maximum atomic E-state index is 13.4. The van der Waals surface area contributed by atoms with Gasteiger partial charge in [-0.3, -0.25) is 9.78 Å². The van der Waals surface area contributed by atoms with Crippen LogP contribution in [0.3, 0.4) is 0 Å². The molecule has 0 saturated carbocycles.